The molecule has 6 nitrogen and oxygen atoms in total. The minimum absolute atomic E-state index is 0.0793. The molecule has 0 aliphatic rings. The van der Waals surface area contributed by atoms with Crippen molar-refractivity contribution >= 4 is 28.1 Å². The molecule has 0 aliphatic carbocycles. The Morgan fingerprint density at radius 3 is 2.90 bits per heavy atom. The molecule has 0 amide bonds. The molecule has 2 unspecified atom stereocenters. The van der Waals surface area contributed by atoms with Crippen LogP contribution in [0.1, 0.15) is 13.3 Å². The predicted molar refractivity (Wildman–Crippen MR) is 80.8 cm³/mol. The van der Waals surface area contributed by atoms with E-state index in [1.54, 1.807) is 29.1 Å². The van der Waals surface area contributed by atoms with Crippen LogP contribution in [0.15, 0.2) is 18.2 Å². The van der Waals surface area contributed by atoms with Crippen molar-refractivity contribution < 1.29 is 4.21 Å². The summed E-state index contributed by atoms with van der Waals surface area (Å²) in [6.07, 6.45) is 2.41. The first-order valence-electron chi connectivity index (χ1n) is 6.13. The molecule has 8 heteroatoms. The minimum Gasteiger partial charge on any atom is -0.398 e. The first-order chi connectivity index (χ1) is 9.50. The van der Waals surface area contributed by atoms with E-state index in [0.717, 1.165) is 0 Å². The van der Waals surface area contributed by atoms with Crippen molar-refractivity contribution in [2.75, 3.05) is 12.0 Å². The number of nitrogen functional groups attached to an aromatic ring is 1. The summed E-state index contributed by atoms with van der Waals surface area (Å²) in [6.45, 7) is 2.50. The van der Waals surface area contributed by atoms with E-state index >= 15 is 0 Å². The highest BCUT2D eigenvalue weighted by Gasteiger charge is 2.16. The molecule has 0 radical (unpaired) electrons. The van der Waals surface area contributed by atoms with Gasteiger partial charge in [0.1, 0.15) is 0 Å². The average molecular weight is 314 g/mol. The summed E-state index contributed by atoms with van der Waals surface area (Å²) in [4.78, 5) is 0. The van der Waals surface area contributed by atoms with Crippen LogP contribution in [0.4, 0.5) is 5.69 Å². The van der Waals surface area contributed by atoms with E-state index in [-0.39, 0.29) is 5.25 Å². The molecule has 0 saturated carbocycles. The zero-order valence-corrected chi connectivity index (χ0v) is 12.9. The Balaban J connectivity index is 2.27. The summed E-state index contributed by atoms with van der Waals surface area (Å²) >= 11 is 6.17. The minimum atomic E-state index is -0.864. The van der Waals surface area contributed by atoms with Gasteiger partial charge in [-0.3, -0.25) is 4.21 Å². The zero-order valence-electron chi connectivity index (χ0n) is 11.3. The van der Waals surface area contributed by atoms with Crippen LogP contribution < -0.4 is 5.73 Å². The summed E-state index contributed by atoms with van der Waals surface area (Å²) in [5.74, 6) is 0.530. The molecule has 0 aliphatic heterocycles. The Hall–Kier alpha value is -1.47. The first-order valence-corrected chi connectivity index (χ1v) is 8.13. The van der Waals surface area contributed by atoms with Gasteiger partial charge in [-0.2, -0.15) is 0 Å². The maximum atomic E-state index is 11.4. The second kappa shape index (κ2) is 6.32. The van der Waals surface area contributed by atoms with E-state index in [1.807, 2.05) is 6.92 Å². The maximum absolute atomic E-state index is 11.4. The quantitative estimate of drug-likeness (QED) is 0.849. The number of anilines is 1. The van der Waals surface area contributed by atoms with Crippen molar-refractivity contribution in [3.63, 3.8) is 0 Å². The molecule has 0 spiro atoms. The van der Waals surface area contributed by atoms with Gasteiger partial charge in [-0.15, -0.1) is 5.10 Å². The van der Waals surface area contributed by atoms with E-state index in [2.05, 4.69) is 15.5 Å². The normalized spacial score (nSPS) is 14.2. The smallest absolute Gasteiger partial charge is 0.185 e. The van der Waals surface area contributed by atoms with Crippen molar-refractivity contribution in [2.45, 2.75) is 25.1 Å². The third-order valence-electron chi connectivity index (χ3n) is 3.12. The Bertz CT molecular complexity index is 610. The average Bonchev–Trinajstić information content (AvgIpc) is 2.84. The third-order valence-corrected chi connectivity index (χ3v) is 4.80. The molecule has 1 heterocycles. The number of tetrazole rings is 1. The van der Waals surface area contributed by atoms with Gasteiger partial charge in [-0.1, -0.05) is 24.6 Å². The number of aromatic nitrogens is 4. The number of aryl methyl sites for hydroxylation is 1. The molecular weight excluding hydrogens is 298 g/mol. The SMILES string of the molecule is CC(CCn1nnnc1-c1c(N)cccc1Cl)S(C)=O. The van der Waals surface area contributed by atoms with Crippen molar-refractivity contribution in [2.24, 2.45) is 0 Å². The lowest BCUT2D eigenvalue weighted by Gasteiger charge is -2.10. The van der Waals surface area contributed by atoms with Gasteiger partial charge in [-0.05, 0) is 29.0 Å². The summed E-state index contributed by atoms with van der Waals surface area (Å²) < 4.78 is 13.0. The van der Waals surface area contributed by atoms with Gasteiger partial charge in [0.05, 0.1) is 10.6 Å². The topological polar surface area (TPSA) is 86.7 Å². The Kier molecular flexibility index (Phi) is 4.72. The van der Waals surface area contributed by atoms with Crippen molar-refractivity contribution in [3.05, 3.63) is 23.2 Å². The van der Waals surface area contributed by atoms with Gasteiger partial charge in [0.2, 0.25) is 0 Å². The number of hydrogen-bond donors (Lipinski definition) is 1. The van der Waals surface area contributed by atoms with E-state index < -0.39 is 10.8 Å². The van der Waals surface area contributed by atoms with Crippen molar-refractivity contribution in [1.82, 2.24) is 20.2 Å². The van der Waals surface area contributed by atoms with Gasteiger partial charge >= 0.3 is 0 Å². The number of rotatable bonds is 5. The molecule has 1 aromatic heterocycles. The molecule has 2 aromatic rings. The Morgan fingerprint density at radius 1 is 1.50 bits per heavy atom. The number of nitrogens with two attached hydrogens (primary N) is 1. The van der Waals surface area contributed by atoms with Crippen LogP contribution >= 0.6 is 11.6 Å². The summed E-state index contributed by atoms with van der Waals surface area (Å²) in [5.41, 5.74) is 7.10. The molecule has 2 N–H and O–H groups in total. The molecule has 20 heavy (non-hydrogen) atoms. The van der Waals surface area contributed by atoms with Crippen LogP contribution in [0.5, 0.6) is 0 Å². The Morgan fingerprint density at radius 2 is 2.25 bits per heavy atom. The molecule has 108 valence electrons. The van der Waals surface area contributed by atoms with Crippen molar-refractivity contribution in [3.8, 4) is 11.4 Å². The molecule has 0 saturated heterocycles. The van der Waals surface area contributed by atoms with Crippen LogP contribution in [0, 0.1) is 0 Å². The number of halogens is 1. The van der Waals surface area contributed by atoms with Crippen LogP contribution in [-0.2, 0) is 17.3 Å². The van der Waals surface area contributed by atoms with Gasteiger partial charge in [0, 0.05) is 34.5 Å². The number of nitrogens with zero attached hydrogens (tertiary/aromatic N) is 4. The lowest BCUT2D eigenvalue weighted by molar-refractivity contribution is 0.556. The lowest BCUT2D eigenvalue weighted by Crippen LogP contribution is -2.14. The molecule has 0 bridgehead atoms. The highest BCUT2D eigenvalue weighted by Crippen LogP contribution is 2.31. The zero-order chi connectivity index (χ0) is 14.7. The summed E-state index contributed by atoms with van der Waals surface area (Å²) in [7, 11) is -0.864. The van der Waals surface area contributed by atoms with E-state index in [4.69, 9.17) is 17.3 Å². The fraction of sp³-hybridized carbons (Fsp3) is 0.417. The molecule has 2 rings (SSSR count). The molecule has 0 fully saturated rings. The molecule has 1 aromatic carbocycles. The van der Waals surface area contributed by atoms with Crippen LogP contribution in [0.2, 0.25) is 5.02 Å². The highest BCUT2D eigenvalue weighted by molar-refractivity contribution is 7.84. The van der Waals surface area contributed by atoms with Gasteiger partial charge < -0.3 is 5.73 Å². The summed E-state index contributed by atoms with van der Waals surface area (Å²) in [5, 5.41) is 12.2. The standard InChI is InChI=1S/C12H16ClN5OS/c1-8(20(2)19)6-7-18-12(15-16-17-18)11-9(13)4-3-5-10(11)14/h3-5,8H,6-7,14H2,1-2H3. The Labute approximate surface area is 124 Å². The van der Waals surface area contributed by atoms with Gasteiger partial charge in [-0.25, -0.2) is 4.68 Å². The second-order valence-electron chi connectivity index (χ2n) is 4.53. The maximum Gasteiger partial charge on any atom is 0.185 e. The van der Waals surface area contributed by atoms with Gasteiger partial charge in [0.15, 0.2) is 5.82 Å². The lowest BCUT2D eigenvalue weighted by atomic mass is 10.1. The van der Waals surface area contributed by atoms with Crippen LogP contribution in [0.3, 0.4) is 0 Å². The van der Waals surface area contributed by atoms with E-state index in [9.17, 15) is 4.21 Å². The van der Waals surface area contributed by atoms with Crippen LogP contribution in [-0.4, -0.2) is 35.9 Å². The highest BCUT2D eigenvalue weighted by atomic mass is 35.5. The fourth-order valence-electron chi connectivity index (χ4n) is 1.78. The predicted octanol–water partition coefficient (Wildman–Crippen LogP) is 1.73. The number of hydrogen-bond acceptors (Lipinski definition) is 5. The van der Waals surface area contributed by atoms with E-state index in [0.29, 0.717) is 35.1 Å². The van der Waals surface area contributed by atoms with Crippen LogP contribution in [0.25, 0.3) is 11.4 Å². The first kappa shape index (κ1) is 14.9. The second-order valence-corrected chi connectivity index (χ2v) is 6.74. The fourth-order valence-corrected chi connectivity index (χ4v) is 2.48. The van der Waals surface area contributed by atoms with Crippen molar-refractivity contribution in [1.29, 1.82) is 0 Å². The van der Waals surface area contributed by atoms with Gasteiger partial charge in [0.25, 0.3) is 0 Å². The molecular formula is C12H16ClN5OS. The number of benzene rings is 1. The summed E-state index contributed by atoms with van der Waals surface area (Å²) in [6, 6.07) is 5.28. The largest absolute Gasteiger partial charge is 0.398 e. The monoisotopic (exact) mass is 313 g/mol. The third kappa shape index (κ3) is 3.16. The van der Waals surface area contributed by atoms with E-state index in [1.165, 1.54) is 0 Å². The molecule has 2 atom stereocenters.